The molecule has 0 heterocycles. The highest BCUT2D eigenvalue weighted by Gasteiger charge is 2.31. The summed E-state index contributed by atoms with van der Waals surface area (Å²) in [6.07, 6.45) is 63.8. The zero-order valence-corrected chi connectivity index (χ0v) is 71.2. The van der Waals surface area contributed by atoms with Gasteiger partial charge in [0.05, 0.1) is 26.4 Å². The molecule has 105 heavy (non-hydrogen) atoms. The molecule has 3 N–H and O–H groups in total. The lowest BCUT2D eigenvalue weighted by Gasteiger charge is -2.21. The standard InChI is InChI=1S/C86H168O17P2/c1-9-78(7)64-56-48-40-31-25-19-15-13-11-12-14-16-22-28-34-44-52-60-68-85(90)102-81(72-96-83(88)66-58-50-42-33-27-21-18-17-20-26-32-41-49-57-65-79(8)10-2)74-100-104(92,93)98-70-80(87)71-99-105(94,95)101-75-82(73-97-84(89)67-59-51-43-37-36-39-47-55-63-77(5)6)103-86(91)69-61-53-45-35-29-23-24-30-38-46-54-62-76(3)4/h76-82,87H,9-75H2,1-8H3,(H,92,93)(H,94,95)/t78?,79?,80-,81-,82-/m1/s1. The lowest BCUT2D eigenvalue weighted by molar-refractivity contribution is -0.161. The van der Waals surface area contributed by atoms with Crippen LogP contribution in [-0.2, 0) is 65.4 Å². The van der Waals surface area contributed by atoms with Crippen molar-refractivity contribution in [2.75, 3.05) is 39.6 Å². The summed E-state index contributed by atoms with van der Waals surface area (Å²) >= 11 is 0. The predicted molar refractivity (Wildman–Crippen MR) is 432 cm³/mol. The summed E-state index contributed by atoms with van der Waals surface area (Å²) in [5.41, 5.74) is 0. The second-order valence-electron chi connectivity index (χ2n) is 32.4. The molecule has 0 saturated carbocycles. The topological polar surface area (TPSA) is 237 Å². The highest BCUT2D eigenvalue weighted by atomic mass is 31.2. The Hall–Kier alpha value is -1.94. The Morgan fingerprint density at radius 2 is 0.457 bits per heavy atom. The van der Waals surface area contributed by atoms with Gasteiger partial charge >= 0.3 is 39.5 Å². The first kappa shape index (κ1) is 103. The molecule has 0 aliphatic carbocycles. The molecular formula is C86H168O17P2. The van der Waals surface area contributed by atoms with Crippen LogP contribution >= 0.6 is 15.6 Å². The molecule has 0 saturated heterocycles. The van der Waals surface area contributed by atoms with Gasteiger partial charge in [-0.3, -0.25) is 37.3 Å². The van der Waals surface area contributed by atoms with Crippen LogP contribution in [0.4, 0.5) is 0 Å². The summed E-state index contributed by atoms with van der Waals surface area (Å²) in [5.74, 6) is 1.10. The van der Waals surface area contributed by atoms with Gasteiger partial charge in [0.1, 0.15) is 19.3 Å². The van der Waals surface area contributed by atoms with E-state index in [0.29, 0.717) is 25.7 Å². The third kappa shape index (κ3) is 77.2. The lowest BCUT2D eigenvalue weighted by Crippen LogP contribution is -2.30. The minimum absolute atomic E-state index is 0.106. The van der Waals surface area contributed by atoms with Gasteiger partial charge < -0.3 is 33.8 Å². The summed E-state index contributed by atoms with van der Waals surface area (Å²) in [5, 5.41) is 10.7. The summed E-state index contributed by atoms with van der Waals surface area (Å²) in [7, 11) is -9.93. The molecule has 0 bridgehead atoms. The molecule has 4 unspecified atom stereocenters. The number of phosphoric acid groups is 2. The Morgan fingerprint density at radius 1 is 0.267 bits per heavy atom. The average molecular weight is 1540 g/mol. The molecule has 19 heteroatoms. The Balaban J connectivity index is 5.24. The number of phosphoric ester groups is 2. The van der Waals surface area contributed by atoms with E-state index >= 15 is 0 Å². The van der Waals surface area contributed by atoms with Gasteiger partial charge in [-0.2, -0.15) is 0 Å². The van der Waals surface area contributed by atoms with Crippen molar-refractivity contribution in [3.8, 4) is 0 Å². The normalized spacial score (nSPS) is 14.4. The van der Waals surface area contributed by atoms with Gasteiger partial charge in [-0.15, -0.1) is 0 Å². The molecule has 0 aliphatic rings. The summed E-state index contributed by atoms with van der Waals surface area (Å²) in [4.78, 5) is 73.2. The number of aliphatic hydroxyl groups is 1. The fourth-order valence-electron chi connectivity index (χ4n) is 13.3. The highest BCUT2D eigenvalue weighted by Crippen LogP contribution is 2.45. The van der Waals surface area contributed by atoms with Gasteiger partial charge in [-0.1, -0.05) is 396 Å². The third-order valence-electron chi connectivity index (χ3n) is 20.8. The van der Waals surface area contributed by atoms with Gasteiger partial charge in [0.2, 0.25) is 0 Å². The van der Waals surface area contributed by atoms with Crippen molar-refractivity contribution in [1.29, 1.82) is 0 Å². The SMILES string of the molecule is CCC(C)CCCCCCCCCCCCCCCCCCCCC(=O)O[C@H](COC(=O)CCCCCCCCCCCCCCCCC(C)CC)COP(=O)(O)OC[C@@H](O)COP(=O)(O)OC[C@@H](COC(=O)CCCCCCCCCCC(C)C)OC(=O)CCCCCCCCCCCCCC(C)C. The van der Waals surface area contributed by atoms with Crippen molar-refractivity contribution in [2.24, 2.45) is 23.7 Å². The number of carbonyl (C=O) groups excluding carboxylic acids is 4. The third-order valence-corrected chi connectivity index (χ3v) is 22.7. The monoisotopic (exact) mass is 1540 g/mol. The van der Waals surface area contributed by atoms with Crippen LogP contribution in [0.2, 0.25) is 0 Å². The molecule has 0 rings (SSSR count). The zero-order valence-electron chi connectivity index (χ0n) is 69.4. The van der Waals surface area contributed by atoms with Crippen molar-refractivity contribution < 1.29 is 80.2 Å². The van der Waals surface area contributed by atoms with Crippen LogP contribution in [0.1, 0.15) is 447 Å². The molecule has 0 aliphatic heterocycles. The molecule has 0 radical (unpaired) electrons. The fraction of sp³-hybridized carbons (Fsp3) is 0.953. The van der Waals surface area contributed by atoms with E-state index in [1.807, 2.05) is 0 Å². The maximum Gasteiger partial charge on any atom is 0.472 e. The van der Waals surface area contributed by atoms with Crippen LogP contribution < -0.4 is 0 Å². The van der Waals surface area contributed by atoms with E-state index in [1.54, 1.807) is 0 Å². The molecule has 7 atom stereocenters. The maximum atomic E-state index is 13.1. The van der Waals surface area contributed by atoms with E-state index in [4.69, 9.17) is 37.0 Å². The number of carbonyl (C=O) groups is 4. The first-order chi connectivity index (χ1) is 50.7. The van der Waals surface area contributed by atoms with Crippen molar-refractivity contribution in [1.82, 2.24) is 0 Å². The van der Waals surface area contributed by atoms with Crippen LogP contribution in [0, 0.1) is 23.7 Å². The Kier molecular flexibility index (Phi) is 73.4. The number of hydrogen-bond donors (Lipinski definition) is 3. The number of esters is 4. The maximum absolute atomic E-state index is 13.1. The second kappa shape index (κ2) is 74.8. The summed E-state index contributed by atoms with van der Waals surface area (Å²) in [6.45, 7) is 14.4. The molecule has 624 valence electrons. The van der Waals surface area contributed by atoms with E-state index in [-0.39, 0.29) is 25.7 Å². The number of hydrogen-bond acceptors (Lipinski definition) is 15. The van der Waals surface area contributed by atoms with E-state index in [0.717, 1.165) is 114 Å². The van der Waals surface area contributed by atoms with Crippen LogP contribution in [0.15, 0.2) is 0 Å². The van der Waals surface area contributed by atoms with Gasteiger partial charge in [0.25, 0.3) is 0 Å². The van der Waals surface area contributed by atoms with E-state index in [1.165, 1.54) is 250 Å². The Bertz CT molecular complexity index is 2050. The zero-order chi connectivity index (χ0) is 77.4. The molecule has 0 spiro atoms. The second-order valence-corrected chi connectivity index (χ2v) is 35.3. The Labute approximate surface area is 645 Å². The van der Waals surface area contributed by atoms with Crippen molar-refractivity contribution in [3.05, 3.63) is 0 Å². The van der Waals surface area contributed by atoms with E-state index in [9.17, 15) is 43.2 Å². The predicted octanol–water partition coefficient (Wildman–Crippen LogP) is 25.9. The molecule has 0 fully saturated rings. The summed E-state index contributed by atoms with van der Waals surface area (Å²) < 4.78 is 68.9. The van der Waals surface area contributed by atoms with Gasteiger partial charge in [-0.05, 0) is 49.4 Å². The number of aliphatic hydroxyl groups excluding tert-OH is 1. The summed E-state index contributed by atoms with van der Waals surface area (Å²) in [6, 6.07) is 0. The minimum atomic E-state index is -4.97. The van der Waals surface area contributed by atoms with Crippen LogP contribution in [0.3, 0.4) is 0 Å². The van der Waals surface area contributed by atoms with Crippen molar-refractivity contribution in [2.45, 2.75) is 465 Å². The molecular weight excluding hydrogens is 1370 g/mol. The molecule has 0 amide bonds. The van der Waals surface area contributed by atoms with E-state index in [2.05, 4.69) is 55.4 Å². The first-order valence-corrected chi connectivity index (χ1v) is 47.3. The van der Waals surface area contributed by atoms with Gasteiger partial charge in [-0.25, -0.2) is 9.13 Å². The quantitative estimate of drug-likeness (QED) is 0.0222. The highest BCUT2D eigenvalue weighted by molar-refractivity contribution is 7.47. The first-order valence-electron chi connectivity index (χ1n) is 44.3. The molecule has 0 aromatic rings. The fourth-order valence-corrected chi connectivity index (χ4v) is 14.8. The number of unbranched alkanes of at least 4 members (excludes halogenated alkanes) is 47. The smallest absolute Gasteiger partial charge is 0.462 e. The van der Waals surface area contributed by atoms with Crippen LogP contribution in [-0.4, -0.2) is 96.7 Å². The average Bonchev–Trinajstić information content (AvgIpc) is 0.909. The molecule has 0 aromatic carbocycles. The van der Waals surface area contributed by atoms with Crippen LogP contribution in [0.25, 0.3) is 0 Å². The van der Waals surface area contributed by atoms with Crippen LogP contribution in [0.5, 0.6) is 0 Å². The van der Waals surface area contributed by atoms with Gasteiger partial charge in [0, 0.05) is 25.7 Å². The largest absolute Gasteiger partial charge is 0.472 e. The minimum Gasteiger partial charge on any atom is -0.462 e. The van der Waals surface area contributed by atoms with Crippen molar-refractivity contribution in [3.63, 3.8) is 0 Å². The number of ether oxygens (including phenoxy) is 4. The lowest BCUT2D eigenvalue weighted by atomic mass is 9.99. The van der Waals surface area contributed by atoms with Gasteiger partial charge in [0.15, 0.2) is 12.2 Å². The van der Waals surface area contributed by atoms with E-state index < -0.39 is 97.5 Å². The molecule has 0 aromatic heterocycles. The molecule has 17 nitrogen and oxygen atoms in total. The van der Waals surface area contributed by atoms with Crippen molar-refractivity contribution >= 4 is 39.5 Å². The Morgan fingerprint density at radius 3 is 0.676 bits per heavy atom. The number of rotatable bonds is 83.